The van der Waals surface area contributed by atoms with Gasteiger partial charge in [-0.2, -0.15) is 0 Å². The van der Waals surface area contributed by atoms with Gasteiger partial charge in [0, 0.05) is 30.5 Å². The zero-order valence-corrected chi connectivity index (χ0v) is 17.6. The summed E-state index contributed by atoms with van der Waals surface area (Å²) in [5.74, 6) is 0.0845. The molecule has 1 aromatic carbocycles. The molecule has 0 atom stereocenters. The van der Waals surface area contributed by atoms with E-state index in [-0.39, 0.29) is 12.4 Å². The number of thiazole rings is 1. The van der Waals surface area contributed by atoms with Gasteiger partial charge in [0.25, 0.3) is 0 Å². The van der Waals surface area contributed by atoms with Gasteiger partial charge < -0.3 is 9.64 Å². The summed E-state index contributed by atoms with van der Waals surface area (Å²) in [6.45, 7) is 1.74. The molecule has 3 aromatic heterocycles. The SMILES string of the molecule is Fc1cnc(N2CCC(c3nc(COc4ccc(-n5cnnn5)cc4F)cs3)CC2)nc1. The van der Waals surface area contributed by atoms with E-state index in [2.05, 4.69) is 35.4 Å². The number of piperidine rings is 1. The normalized spacial score (nSPS) is 14.6. The third-order valence-electron chi connectivity index (χ3n) is 5.21. The third kappa shape index (κ3) is 4.40. The molecule has 0 spiro atoms. The van der Waals surface area contributed by atoms with E-state index in [9.17, 15) is 8.78 Å². The number of rotatable bonds is 6. The summed E-state index contributed by atoms with van der Waals surface area (Å²) in [5.41, 5.74) is 1.27. The topological polar surface area (TPSA) is 94.7 Å². The van der Waals surface area contributed by atoms with Crippen LogP contribution in [0.25, 0.3) is 5.69 Å². The molecular formula is C20H18F2N8OS. The van der Waals surface area contributed by atoms with Crippen LogP contribution < -0.4 is 9.64 Å². The van der Waals surface area contributed by atoms with Gasteiger partial charge in [-0.25, -0.2) is 28.4 Å². The molecule has 0 bridgehead atoms. The average molecular weight is 456 g/mol. The molecule has 1 aliphatic rings. The Kier molecular flexibility index (Phi) is 5.67. The molecule has 1 saturated heterocycles. The summed E-state index contributed by atoms with van der Waals surface area (Å²) in [7, 11) is 0. The predicted molar refractivity (Wildman–Crippen MR) is 112 cm³/mol. The van der Waals surface area contributed by atoms with E-state index in [0.717, 1.165) is 36.6 Å². The first kappa shape index (κ1) is 20.4. The Hall–Kier alpha value is -3.54. The minimum absolute atomic E-state index is 0.143. The number of hydrogen-bond acceptors (Lipinski definition) is 9. The zero-order valence-electron chi connectivity index (χ0n) is 16.8. The van der Waals surface area contributed by atoms with Gasteiger partial charge in [0.2, 0.25) is 5.95 Å². The number of nitrogens with zero attached hydrogens (tertiary/aromatic N) is 8. The van der Waals surface area contributed by atoms with Gasteiger partial charge in [-0.1, -0.05) is 0 Å². The molecule has 0 amide bonds. The van der Waals surface area contributed by atoms with Gasteiger partial charge >= 0.3 is 0 Å². The Morgan fingerprint density at radius 1 is 1.12 bits per heavy atom. The molecule has 12 heteroatoms. The fraction of sp³-hybridized carbons (Fsp3) is 0.300. The summed E-state index contributed by atoms with van der Waals surface area (Å²) in [6, 6.07) is 4.55. The summed E-state index contributed by atoms with van der Waals surface area (Å²) < 4.78 is 34.4. The molecule has 4 aromatic rings. The number of tetrazole rings is 1. The van der Waals surface area contributed by atoms with Crippen molar-refractivity contribution in [2.45, 2.75) is 25.4 Å². The molecule has 0 radical (unpaired) electrons. The summed E-state index contributed by atoms with van der Waals surface area (Å²) >= 11 is 1.59. The molecule has 1 fully saturated rings. The van der Waals surface area contributed by atoms with Gasteiger partial charge in [0.1, 0.15) is 12.9 Å². The standard InChI is InChI=1S/C20H18F2N8OS/c21-14-8-23-20(24-9-14)29-5-3-13(4-6-29)19-26-15(11-32-19)10-31-18-2-1-16(7-17(18)22)30-12-25-27-28-30/h1-2,7-9,11-13H,3-6,10H2. The Bertz CT molecular complexity index is 1180. The molecule has 0 saturated carbocycles. The van der Waals surface area contributed by atoms with Gasteiger partial charge in [0.15, 0.2) is 17.4 Å². The van der Waals surface area contributed by atoms with Crippen LogP contribution in [0, 0.1) is 11.6 Å². The molecule has 164 valence electrons. The van der Waals surface area contributed by atoms with Crippen LogP contribution in [0.5, 0.6) is 5.75 Å². The first-order valence-electron chi connectivity index (χ1n) is 9.98. The van der Waals surface area contributed by atoms with Crippen LogP contribution in [0.15, 0.2) is 42.3 Å². The van der Waals surface area contributed by atoms with Crippen molar-refractivity contribution < 1.29 is 13.5 Å². The highest BCUT2D eigenvalue weighted by atomic mass is 32.1. The van der Waals surface area contributed by atoms with Gasteiger partial charge in [-0.15, -0.1) is 16.4 Å². The average Bonchev–Trinajstić information content (AvgIpc) is 3.52. The zero-order chi connectivity index (χ0) is 21.9. The van der Waals surface area contributed by atoms with E-state index in [1.165, 1.54) is 29.5 Å². The second-order valence-electron chi connectivity index (χ2n) is 7.30. The lowest BCUT2D eigenvalue weighted by atomic mass is 9.98. The van der Waals surface area contributed by atoms with Crippen molar-refractivity contribution in [3.05, 3.63) is 64.6 Å². The van der Waals surface area contributed by atoms with E-state index in [0.29, 0.717) is 17.6 Å². The molecule has 32 heavy (non-hydrogen) atoms. The summed E-state index contributed by atoms with van der Waals surface area (Å²) in [5, 5.41) is 13.8. The van der Waals surface area contributed by atoms with Crippen LogP contribution in [-0.2, 0) is 6.61 Å². The van der Waals surface area contributed by atoms with Crippen molar-refractivity contribution in [1.29, 1.82) is 0 Å². The van der Waals surface area contributed by atoms with Crippen LogP contribution >= 0.6 is 11.3 Å². The van der Waals surface area contributed by atoms with Crippen molar-refractivity contribution in [3.8, 4) is 11.4 Å². The van der Waals surface area contributed by atoms with Crippen LogP contribution in [0.1, 0.15) is 29.5 Å². The number of ether oxygens (including phenoxy) is 1. The molecule has 1 aliphatic heterocycles. The van der Waals surface area contributed by atoms with Crippen molar-refractivity contribution in [2.75, 3.05) is 18.0 Å². The lowest BCUT2D eigenvalue weighted by Gasteiger charge is -2.30. The Labute approximate surface area is 185 Å². The summed E-state index contributed by atoms with van der Waals surface area (Å²) in [6.07, 6.45) is 5.57. The first-order chi connectivity index (χ1) is 15.7. The Morgan fingerprint density at radius 2 is 1.94 bits per heavy atom. The van der Waals surface area contributed by atoms with E-state index >= 15 is 0 Å². The molecule has 0 N–H and O–H groups in total. The molecule has 5 rings (SSSR count). The second kappa shape index (κ2) is 8.91. The lowest BCUT2D eigenvalue weighted by Crippen LogP contribution is -2.34. The highest BCUT2D eigenvalue weighted by Gasteiger charge is 2.24. The predicted octanol–water partition coefficient (Wildman–Crippen LogP) is 3.15. The molecule has 0 unspecified atom stereocenters. The van der Waals surface area contributed by atoms with Crippen LogP contribution in [0.4, 0.5) is 14.7 Å². The van der Waals surface area contributed by atoms with Crippen LogP contribution in [-0.4, -0.2) is 48.2 Å². The Morgan fingerprint density at radius 3 is 2.66 bits per heavy atom. The second-order valence-corrected chi connectivity index (χ2v) is 8.19. The highest BCUT2D eigenvalue weighted by molar-refractivity contribution is 7.09. The monoisotopic (exact) mass is 456 g/mol. The number of halogens is 2. The Balaban J connectivity index is 1.17. The fourth-order valence-electron chi connectivity index (χ4n) is 3.55. The van der Waals surface area contributed by atoms with Crippen molar-refractivity contribution >= 4 is 17.3 Å². The van der Waals surface area contributed by atoms with E-state index in [4.69, 9.17) is 4.74 Å². The van der Waals surface area contributed by atoms with E-state index in [1.807, 2.05) is 5.38 Å². The van der Waals surface area contributed by atoms with Crippen molar-refractivity contribution in [1.82, 2.24) is 35.2 Å². The molecule has 0 aliphatic carbocycles. The molecule has 9 nitrogen and oxygen atoms in total. The number of benzene rings is 1. The maximum absolute atomic E-state index is 14.4. The van der Waals surface area contributed by atoms with Crippen LogP contribution in [0.3, 0.4) is 0 Å². The number of anilines is 1. The fourth-order valence-corrected chi connectivity index (χ4v) is 4.53. The molecule has 4 heterocycles. The first-order valence-corrected chi connectivity index (χ1v) is 10.9. The largest absolute Gasteiger partial charge is 0.484 e. The van der Waals surface area contributed by atoms with E-state index < -0.39 is 11.6 Å². The number of aromatic nitrogens is 7. The smallest absolute Gasteiger partial charge is 0.225 e. The maximum Gasteiger partial charge on any atom is 0.225 e. The minimum atomic E-state index is -0.496. The highest BCUT2D eigenvalue weighted by Crippen LogP contribution is 2.31. The minimum Gasteiger partial charge on any atom is -0.484 e. The summed E-state index contributed by atoms with van der Waals surface area (Å²) in [4.78, 5) is 14.8. The number of hydrogen-bond donors (Lipinski definition) is 0. The van der Waals surface area contributed by atoms with Crippen molar-refractivity contribution in [2.24, 2.45) is 0 Å². The van der Waals surface area contributed by atoms with Crippen LogP contribution in [0.2, 0.25) is 0 Å². The quantitative estimate of drug-likeness (QED) is 0.437. The lowest BCUT2D eigenvalue weighted by molar-refractivity contribution is 0.286. The van der Waals surface area contributed by atoms with Gasteiger partial charge in [0.05, 0.1) is 28.8 Å². The van der Waals surface area contributed by atoms with Crippen molar-refractivity contribution in [3.63, 3.8) is 0 Å². The van der Waals surface area contributed by atoms with Gasteiger partial charge in [-0.05, 0) is 35.4 Å². The maximum atomic E-state index is 14.4. The van der Waals surface area contributed by atoms with E-state index in [1.54, 1.807) is 23.5 Å². The third-order valence-corrected chi connectivity index (χ3v) is 6.26. The molecular weight excluding hydrogens is 438 g/mol. The van der Waals surface area contributed by atoms with Gasteiger partial charge in [-0.3, -0.25) is 0 Å².